The van der Waals surface area contributed by atoms with Gasteiger partial charge in [-0.1, -0.05) is 20.8 Å². The molecule has 0 amide bonds. The first-order valence-corrected chi connectivity index (χ1v) is 7.38. The van der Waals surface area contributed by atoms with Gasteiger partial charge in [-0.15, -0.1) is 11.3 Å². The number of rotatable bonds is 3. The average molecular weight is 355 g/mol. The Morgan fingerprint density at radius 3 is 2.40 bits per heavy atom. The van der Waals surface area contributed by atoms with Gasteiger partial charge in [0.2, 0.25) is 0 Å². The van der Waals surface area contributed by atoms with E-state index in [1.807, 2.05) is 0 Å². The lowest BCUT2D eigenvalue weighted by atomic mass is 9.88. The summed E-state index contributed by atoms with van der Waals surface area (Å²) < 4.78 is 2.32. The summed E-state index contributed by atoms with van der Waals surface area (Å²) >= 11 is 8.78. The van der Waals surface area contributed by atoms with Gasteiger partial charge in [-0.3, -0.25) is 0 Å². The highest BCUT2D eigenvalue weighted by Gasteiger charge is 2.19. The van der Waals surface area contributed by atoms with Crippen molar-refractivity contribution in [2.45, 2.75) is 40.3 Å². The molecule has 4 heteroatoms. The molecule has 1 nitrogen and oxygen atoms in total. The SMILES string of the molecule is CC(NCc1cc(Br)c(Br)s1)C(C)(C)C. The van der Waals surface area contributed by atoms with E-state index in [1.54, 1.807) is 11.3 Å². The third kappa shape index (κ3) is 4.17. The molecule has 1 atom stereocenters. The van der Waals surface area contributed by atoms with Crippen molar-refractivity contribution in [3.8, 4) is 0 Å². The predicted octanol–water partition coefficient (Wildman–Crippen LogP) is 4.80. The molecule has 15 heavy (non-hydrogen) atoms. The number of thiophene rings is 1. The molecule has 1 rings (SSSR count). The molecule has 0 aliphatic rings. The highest BCUT2D eigenvalue weighted by molar-refractivity contribution is 9.13. The minimum atomic E-state index is 0.311. The van der Waals surface area contributed by atoms with Crippen molar-refractivity contribution in [2.24, 2.45) is 5.41 Å². The Hall–Kier alpha value is 0.620. The van der Waals surface area contributed by atoms with Crippen LogP contribution in [0.25, 0.3) is 0 Å². The quantitative estimate of drug-likeness (QED) is 0.822. The second-order valence-corrected chi connectivity index (χ2v) is 8.11. The van der Waals surface area contributed by atoms with Gasteiger partial charge in [0.1, 0.15) is 0 Å². The van der Waals surface area contributed by atoms with Crippen LogP contribution in [-0.2, 0) is 6.54 Å². The van der Waals surface area contributed by atoms with Gasteiger partial charge in [-0.05, 0) is 50.3 Å². The monoisotopic (exact) mass is 353 g/mol. The van der Waals surface area contributed by atoms with Crippen molar-refractivity contribution in [2.75, 3.05) is 0 Å². The fraction of sp³-hybridized carbons (Fsp3) is 0.636. The maximum Gasteiger partial charge on any atom is 0.0843 e. The van der Waals surface area contributed by atoms with Gasteiger partial charge >= 0.3 is 0 Å². The lowest BCUT2D eigenvalue weighted by Crippen LogP contribution is -2.36. The zero-order chi connectivity index (χ0) is 11.6. The largest absolute Gasteiger partial charge is 0.309 e. The van der Waals surface area contributed by atoms with Crippen LogP contribution in [0.1, 0.15) is 32.6 Å². The van der Waals surface area contributed by atoms with Crippen LogP contribution in [0, 0.1) is 5.41 Å². The Labute approximate surface area is 113 Å². The molecule has 1 N–H and O–H groups in total. The molecule has 0 saturated carbocycles. The Bertz CT molecular complexity index is 308. The topological polar surface area (TPSA) is 12.0 Å². The lowest BCUT2D eigenvalue weighted by molar-refractivity contribution is 0.286. The highest BCUT2D eigenvalue weighted by atomic mass is 79.9. The first kappa shape index (κ1) is 13.7. The van der Waals surface area contributed by atoms with E-state index >= 15 is 0 Å². The van der Waals surface area contributed by atoms with Crippen LogP contribution < -0.4 is 5.32 Å². The molecular weight excluding hydrogens is 338 g/mol. The zero-order valence-corrected chi connectivity index (χ0v) is 13.5. The van der Waals surface area contributed by atoms with Crippen LogP contribution in [-0.4, -0.2) is 6.04 Å². The Kier molecular flexibility index (Phi) is 4.84. The predicted molar refractivity (Wildman–Crippen MR) is 75.5 cm³/mol. The maximum absolute atomic E-state index is 3.55. The van der Waals surface area contributed by atoms with Gasteiger partial charge in [-0.2, -0.15) is 0 Å². The molecule has 0 aliphatic carbocycles. The summed E-state index contributed by atoms with van der Waals surface area (Å²) in [4.78, 5) is 1.35. The molecule has 1 unspecified atom stereocenters. The fourth-order valence-electron chi connectivity index (χ4n) is 1.04. The number of nitrogens with one attached hydrogen (secondary N) is 1. The van der Waals surface area contributed by atoms with Crippen LogP contribution >= 0.6 is 43.2 Å². The van der Waals surface area contributed by atoms with Gasteiger partial charge in [0.15, 0.2) is 0 Å². The summed E-state index contributed by atoms with van der Waals surface area (Å²) in [6, 6.07) is 2.68. The molecule has 1 heterocycles. The molecule has 0 bridgehead atoms. The average Bonchev–Trinajstić information content (AvgIpc) is 2.41. The molecule has 0 spiro atoms. The van der Waals surface area contributed by atoms with Crippen LogP contribution in [0.4, 0.5) is 0 Å². The van der Waals surface area contributed by atoms with Gasteiger partial charge < -0.3 is 5.32 Å². The Morgan fingerprint density at radius 1 is 1.40 bits per heavy atom. The molecule has 1 aromatic heterocycles. The van der Waals surface area contributed by atoms with E-state index in [0.29, 0.717) is 11.5 Å². The van der Waals surface area contributed by atoms with E-state index in [1.165, 1.54) is 8.66 Å². The lowest BCUT2D eigenvalue weighted by Gasteiger charge is -2.28. The summed E-state index contributed by atoms with van der Waals surface area (Å²) in [6.45, 7) is 9.94. The Balaban J connectivity index is 2.51. The molecule has 0 aromatic carbocycles. The van der Waals surface area contributed by atoms with E-state index in [9.17, 15) is 0 Å². The second-order valence-electron chi connectivity index (χ2n) is 4.80. The summed E-state index contributed by atoms with van der Waals surface area (Å²) in [5.41, 5.74) is 0.311. The Morgan fingerprint density at radius 2 is 2.00 bits per heavy atom. The van der Waals surface area contributed by atoms with Crippen molar-refractivity contribution in [1.82, 2.24) is 5.32 Å². The third-order valence-electron chi connectivity index (χ3n) is 2.58. The number of hydrogen-bond donors (Lipinski definition) is 1. The van der Waals surface area contributed by atoms with Crippen LogP contribution in [0.2, 0.25) is 0 Å². The molecule has 0 radical (unpaired) electrons. The van der Waals surface area contributed by atoms with Crippen LogP contribution in [0.5, 0.6) is 0 Å². The van der Waals surface area contributed by atoms with Crippen LogP contribution in [0.15, 0.2) is 14.3 Å². The van der Waals surface area contributed by atoms with Crippen molar-refractivity contribution in [1.29, 1.82) is 0 Å². The van der Waals surface area contributed by atoms with Crippen molar-refractivity contribution in [3.63, 3.8) is 0 Å². The molecule has 0 aliphatic heterocycles. The smallest absolute Gasteiger partial charge is 0.0843 e. The summed E-state index contributed by atoms with van der Waals surface area (Å²) in [7, 11) is 0. The zero-order valence-electron chi connectivity index (χ0n) is 9.53. The first-order valence-electron chi connectivity index (χ1n) is 4.98. The summed E-state index contributed by atoms with van der Waals surface area (Å²) in [5.74, 6) is 0. The van der Waals surface area contributed by atoms with Gasteiger partial charge in [0.25, 0.3) is 0 Å². The van der Waals surface area contributed by atoms with E-state index < -0.39 is 0 Å². The molecular formula is C11H17Br2NS. The van der Waals surface area contributed by atoms with Crippen molar-refractivity contribution >= 4 is 43.2 Å². The van der Waals surface area contributed by atoms with Crippen molar-refractivity contribution in [3.05, 3.63) is 19.2 Å². The summed E-state index contributed by atoms with van der Waals surface area (Å²) in [5, 5.41) is 3.55. The second kappa shape index (κ2) is 5.30. The normalized spacial score (nSPS) is 14.3. The first-order chi connectivity index (χ1) is 6.80. The standard InChI is InChI=1S/C11H17Br2NS/c1-7(11(2,3)4)14-6-8-5-9(12)10(13)15-8/h5,7,14H,6H2,1-4H3. The minimum absolute atomic E-state index is 0.311. The molecule has 1 aromatic rings. The van der Waals surface area contributed by atoms with Crippen LogP contribution in [0.3, 0.4) is 0 Å². The van der Waals surface area contributed by atoms with Gasteiger partial charge in [-0.25, -0.2) is 0 Å². The highest BCUT2D eigenvalue weighted by Crippen LogP contribution is 2.32. The summed E-state index contributed by atoms with van der Waals surface area (Å²) in [6.07, 6.45) is 0. The van der Waals surface area contributed by atoms with Crippen molar-refractivity contribution < 1.29 is 0 Å². The van der Waals surface area contributed by atoms with Gasteiger partial charge in [0.05, 0.1) is 3.79 Å². The number of halogens is 2. The minimum Gasteiger partial charge on any atom is -0.309 e. The van der Waals surface area contributed by atoms with E-state index in [2.05, 4.69) is 70.9 Å². The molecule has 0 fully saturated rings. The molecule has 86 valence electrons. The van der Waals surface area contributed by atoms with E-state index in [4.69, 9.17) is 0 Å². The van der Waals surface area contributed by atoms with Gasteiger partial charge in [0, 0.05) is 21.9 Å². The third-order valence-corrected chi connectivity index (χ3v) is 5.83. The fourth-order valence-corrected chi connectivity index (χ4v) is 3.17. The maximum atomic E-state index is 3.55. The molecule has 0 saturated heterocycles. The number of hydrogen-bond acceptors (Lipinski definition) is 2. The van der Waals surface area contributed by atoms with E-state index in [-0.39, 0.29) is 0 Å². The van der Waals surface area contributed by atoms with E-state index in [0.717, 1.165) is 11.0 Å².